The number of hydrogen-bond acceptors (Lipinski definition) is 4. The predicted molar refractivity (Wildman–Crippen MR) is 84.9 cm³/mol. The number of ketones is 1. The zero-order valence-electron chi connectivity index (χ0n) is 13.1. The number of fused-ring (bicyclic) bond motifs is 3. The molecule has 22 heavy (non-hydrogen) atoms. The predicted octanol–water partition coefficient (Wildman–Crippen LogP) is 3.43. The van der Waals surface area contributed by atoms with Gasteiger partial charge >= 0.3 is 0 Å². The van der Waals surface area contributed by atoms with E-state index >= 15 is 0 Å². The fourth-order valence-electron chi connectivity index (χ4n) is 4.19. The van der Waals surface area contributed by atoms with Gasteiger partial charge in [-0.05, 0) is 42.4 Å². The van der Waals surface area contributed by atoms with E-state index < -0.39 is 0 Å². The Labute approximate surface area is 129 Å². The van der Waals surface area contributed by atoms with Gasteiger partial charge < -0.3 is 0 Å². The second-order valence-electron chi connectivity index (χ2n) is 7.23. The van der Waals surface area contributed by atoms with Gasteiger partial charge in [0.15, 0.2) is 11.6 Å². The Balaban J connectivity index is 1.81. The Morgan fingerprint density at radius 3 is 2.55 bits per heavy atom. The van der Waals surface area contributed by atoms with E-state index in [1.54, 1.807) is 0 Å². The molecule has 0 aliphatic heterocycles. The first kappa shape index (κ1) is 13.6. The first-order valence-electron chi connectivity index (χ1n) is 7.79. The number of carbonyl (C=O) groups is 1. The molecule has 2 bridgehead atoms. The van der Waals surface area contributed by atoms with Crippen LogP contribution in [0.1, 0.15) is 39.4 Å². The minimum absolute atomic E-state index is 0.0141. The number of carbonyl (C=O) groups excluding carboxylic acids is 1. The van der Waals surface area contributed by atoms with Crippen LogP contribution in [-0.2, 0) is 4.79 Å². The molecule has 0 radical (unpaired) electrons. The van der Waals surface area contributed by atoms with E-state index in [0.29, 0.717) is 11.7 Å². The number of aromatic nitrogens is 3. The highest BCUT2D eigenvalue weighted by atomic mass is 16.1. The summed E-state index contributed by atoms with van der Waals surface area (Å²) < 4.78 is 0. The molecular formula is C18H19N3O. The topological polar surface area (TPSA) is 55.7 Å². The van der Waals surface area contributed by atoms with Crippen molar-refractivity contribution in [2.75, 3.05) is 0 Å². The van der Waals surface area contributed by atoms with Gasteiger partial charge in [-0.15, -0.1) is 10.2 Å². The number of hydrogen-bond donors (Lipinski definition) is 0. The molecule has 2 aliphatic rings. The third-order valence-electron chi connectivity index (χ3n) is 6.03. The number of benzene rings is 1. The molecular weight excluding hydrogens is 274 g/mol. The summed E-state index contributed by atoms with van der Waals surface area (Å²) in [5, 5.41) is 8.36. The van der Waals surface area contributed by atoms with Crippen molar-refractivity contribution in [3.63, 3.8) is 0 Å². The summed E-state index contributed by atoms with van der Waals surface area (Å²) in [5.41, 5.74) is 2.24. The molecule has 0 spiro atoms. The van der Waals surface area contributed by atoms with Gasteiger partial charge in [0.1, 0.15) is 5.52 Å². The summed E-state index contributed by atoms with van der Waals surface area (Å²) in [6.07, 6.45) is 3.92. The standard InChI is InChI=1S/C18H19N3O/c1-17(2)12-8-9-18(17,3)16(22)11(12)10-15-19-13-6-4-5-7-14(13)20-21-15/h4-7,10,12H,8-9H2,1-3H3/t12-,18-/m1/s1. The van der Waals surface area contributed by atoms with Crippen LogP contribution >= 0.6 is 0 Å². The lowest BCUT2D eigenvalue weighted by atomic mass is 9.70. The van der Waals surface area contributed by atoms with Crippen LogP contribution in [0.25, 0.3) is 17.1 Å². The molecule has 2 saturated carbocycles. The van der Waals surface area contributed by atoms with E-state index in [1.807, 2.05) is 30.3 Å². The van der Waals surface area contributed by atoms with E-state index in [1.165, 1.54) is 0 Å². The minimum Gasteiger partial charge on any atom is -0.294 e. The molecule has 2 fully saturated rings. The monoisotopic (exact) mass is 293 g/mol. The lowest BCUT2D eigenvalue weighted by Crippen LogP contribution is -2.32. The fraction of sp³-hybridized carbons (Fsp3) is 0.444. The van der Waals surface area contributed by atoms with Crippen LogP contribution in [-0.4, -0.2) is 21.0 Å². The first-order valence-corrected chi connectivity index (χ1v) is 7.79. The van der Waals surface area contributed by atoms with Gasteiger partial charge in [-0.3, -0.25) is 4.79 Å². The molecule has 2 aliphatic carbocycles. The third-order valence-corrected chi connectivity index (χ3v) is 6.03. The number of para-hydroxylation sites is 1. The van der Waals surface area contributed by atoms with Crippen LogP contribution in [0.3, 0.4) is 0 Å². The van der Waals surface area contributed by atoms with E-state index in [4.69, 9.17) is 0 Å². The van der Waals surface area contributed by atoms with Crippen molar-refractivity contribution < 1.29 is 4.79 Å². The Kier molecular flexibility index (Phi) is 2.60. The Morgan fingerprint density at radius 1 is 1.14 bits per heavy atom. The van der Waals surface area contributed by atoms with Crippen LogP contribution in [0.5, 0.6) is 0 Å². The Morgan fingerprint density at radius 2 is 1.86 bits per heavy atom. The molecule has 0 N–H and O–H groups in total. The molecule has 1 heterocycles. The van der Waals surface area contributed by atoms with E-state index in [9.17, 15) is 4.79 Å². The quantitative estimate of drug-likeness (QED) is 0.756. The van der Waals surface area contributed by atoms with Crippen molar-refractivity contribution in [2.24, 2.45) is 16.7 Å². The van der Waals surface area contributed by atoms with Gasteiger partial charge in [-0.2, -0.15) is 0 Å². The molecule has 112 valence electrons. The number of nitrogens with zero attached hydrogens (tertiary/aromatic N) is 3. The summed E-state index contributed by atoms with van der Waals surface area (Å²) in [6, 6.07) is 7.65. The van der Waals surface area contributed by atoms with Crippen molar-refractivity contribution in [1.82, 2.24) is 15.2 Å². The van der Waals surface area contributed by atoms with Crippen molar-refractivity contribution in [3.05, 3.63) is 35.7 Å². The van der Waals surface area contributed by atoms with Crippen molar-refractivity contribution in [1.29, 1.82) is 0 Å². The molecule has 4 heteroatoms. The zero-order valence-corrected chi connectivity index (χ0v) is 13.1. The number of allylic oxidation sites excluding steroid dienone is 1. The van der Waals surface area contributed by atoms with Crippen molar-refractivity contribution >= 4 is 22.9 Å². The SMILES string of the molecule is CC1(C)[C@@H]2CC[C@]1(C)C(=O)C2=Cc1nnc2ccccc2n1. The van der Waals surface area contributed by atoms with E-state index in [0.717, 1.165) is 29.4 Å². The molecule has 1 aromatic carbocycles. The Hall–Kier alpha value is -2.10. The van der Waals surface area contributed by atoms with E-state index in [-0.39, 0.29) is 16.6 Å². The van der Waals surface area contributed by atoms with Crippen molar-refractivity contribution in [2.45, 2.75) is 33.6 Å². The van der Waals surface area contributed by atoms with Crippen LogP contribution in [0.2, 0.25) is 0 Å². The largest absolute Gasteiger partial charge is 0.294 e. The van der Waals surface area contributed by atoms with Gasteiger partial charge in [0.2, 0.25) is 0 Å². The number of Topliss-reactive ketones (excluding diaryl/α,β-unsaturated/α-hetero) is 1. The highest BCUT2D eigenvalue weighted by molar-refractivity contribution is 6.07. The minimum atomic E-state index is -0.242. The van der Waals surface area contributed by atoms with Gasteiger partial charge in [-0.25, -0.2) is 4.98 Å². The second-order valence-corrected chi connectivity index (χ2v) is 7.23. The van der Waals surface area contributed by atoms with Crippen LogP contribution in [0.4, 0.5) is 0 Å². The van der Waals surface area contributed by atoms with Crippen LogP contribution in [0, 0.1) is 16.7 Å². The Bertz CT molecular complexity index is 824. The lowest BCUT2D eigenvalue weighted by Gasteiger charge is -2.31. The molecule has 1 aromatic heterocycles. The maximum Gasteiger partial charge on any atom is 0.175 e. The maximum absolute atomic E-state index is 12.8. The first-order chi connectivity index (χ1) is 10.4. The van der Waals surface area contributed by atoms with E-state index in [2.05, 4.69) is 36.0 Å². The van der Waals surface area contributed by atoms with Gasteiger partial charge in [0, 0.05) is 11.0 Å². The highest BCUT2D eigenvalue weighted by Crippen LogP contribution is 2.65. The summed E-state index contributed by atoms with van der Waals surface area (Å²) >= 11 is 0. The number of rotatable bonds is 1. The van der Waals surface area contributed by atoms with Gasteiger partial charge in [0.25, 0.3) is 0 Å². The third kappa shape index (κ3) is 1.58. The summed E-state index contributed by atoms with van der Waals surface area (Å²) in [7, 11) is 0. The molecule has 2 aromatic rings. The average Bonchev–Trinajstić information content (AvgIpc) is 2.81. The summed E-state index contributed by atoms with van der Waals surface area (Å²) in [5.74, 6) is 1.11. The summed E-state index contributed by atoms with van der Waals surface area (Å²) in [4.78, 5) is 17.4. The molecule has 4 nitrogen and oxygen atoms in total. The molecule has 4 rings (SSSR count). The molecule has 0 saturated heterocycles. The molecule has 0 amide bonds. The zero-order chi connectivity index (χ0) is 15.5. The maximum atomic E-state index is 12.8. The van der Waals surface area contributed by atoms with Gasteiger partial charge in [0.05, 0.1) is 5.52 Å². The molecule has 0 unspecified atom stereocenters. The average molecular weight is 293 g/mol. The second kappa shape index (κ2) is 4.22. The highest BCUT2D eigenvalue weighted by Gasteiger charge is 2.63. The van der Waals surface area contributed by atoms with Crippen LogP contribution in [0.15, 0.2) is 29.8 Å². The van der Waals surface area contributed by atoms with Gasteiger partial charge in [-0.1, -0.05) is 32.9 Å². The lowest BCUT2D eigenvalue weighted by molar-refractivity contribution is -0.125. The fourth-order valence-corrected chi connectivity index (χ4v) is 4.19. The smallest absolute Gasteiger partial charge is 0.175 e. The van der Waals surface area contributed by atoms with Crippen molar-refractivity contribution in [3.8, 4) is 0 Å². The molecule has 2 atom stereocenters. The van der Waals surface area contributed by atoms with Crippen LogP contribution < -0.4 is 0 Å². The normalized spacial score (nSPS) is 31.3. The summed E-state index contributed by atoms with van der Waals surface area (Å²) in [6.45, 7) is 6.53.